The van der Waals surface area contributed by atoms with E-state index in [-0.39, 0.29) is 12.5 Å². The molecule has 1 aliphatic rings. The number of ether oxygens (including phenoxy) is 2. The fraction of sp³-hybridized carbons (Fsp3) is 0.238. The number of aromatic nitrogens is 1. The van der Waals surface area contributed by atoms with E-state index in [2.05, 4.69) is 11.8 Å². The van der Waals surface area contributed by atoms with Crippen molar-refractivity contribution in [3.63, 3.8) is 0 Å². The van der Waals surface area contributed by atoms with Gasteiger partial charge in [0.1, 0.15) is 10.8 Å². The Hall–Kier alpha value is -2.89. The van der Waals surface area contributed by atoms with Gasteiger partial charge < -0.3 is 19.0 Å². The zero-order chi connectivity index (χ0) is 20.2. The highest BCUT2D eigenvalue weighted by Crippen LogP contribution is 2.37. The topological polar surface area (TPSA) is 81.8 Å². The standard InChI is InChI=1S/C21H17NO5S2/c1-13-17(10-16-6-5-15(27-16)3-2-8-28-11-20(23)24)22-21(29-13)14-4-7-18-19(9-14)26-12-25-18/h4-7,9H,8,10-12H2,1H3,(H,23,24). The molecule has 2 aromatic heterocycles. The summed E-state index contributed by atoms with van der Waals surface area (Å²) in [4.78, 5) is 16.4. The second-order valence-electron chi connectivity index (χ2n) is 6.22. The fourth-order valence-corrected chi connectivity index (χ4v) is 4.14. The maximum atomic E-state index is 10.5. The van der Waals surface area contributed by atoms with Gasteiger partial charge in [-0.25, -0.2) is 4.98 Å². The molecule has 0 unspecified atom stereocenters. The molecule has 1 N–H and O–H groups in total. The number of furan rings is 1. The molecule has 6 nitrogen and oxygen atoms in total. The largest absolute Gasteiger partial charge is 0.481 e. The molecule has 3 heterocycles. The minimum Gasteiger partial charge on any atom is -0.481 e. The van der Waals surface area contributed by atoms with Crippen molar-refractivity contribution in [3.05, 3.63) is 52.4 Å². The van der Waals surface area contributed by atoms with E-state index >= 15 is 0 Å². The average Bonchev–Trinajstić information content (AvgIpc) is 3.41. The number of aliphatic carboxylic acids is 1. The highest BCUT2D eigenvalue weighted by molar-refractivity contribution is 8.00. The average molecular weight is 428 g/mol. The molecule has 0 aliphatic carbocycles. The van der Waals surface area contributed by atoms with Crippen molar-refractivity contribution in [1.82, 2.24) is 4.98 Å². The van der Waals surface area contributed by atoms with Crippen LogP contribution in [-0.2, 0) is 11.2 Å². The van der Waals surface area contributed by atoms with Crippen molar-refractivity contribution in [3.8, 4) is 33.9 Å². The molecule has 8 heteroatoms. The number of rotatable bonds is 6. The van der Waals surface area contributed by atoms with Crippen molar-refractivity contribution in [2.45, 2.75) is 13.3 Å². The Morgan fingerprint density at radius 2 is 2.14 bits per heavy atom. The first-order chi connectivity index (χ1) is 14.1. The van der Waals surface area contributed by atoms with Crippen LogP contribution in [0, 0.1) is 18.8 Å². The third-order valence-electron chi connectivity index (χ3n) is 4.13. The third kappa shape index (κ3) is 4.75. The second kappa shape index (κ2) is 8.64. The molecule has 0 saturated carbocycles. The number of carbonyl (C=O) groups is 1. The van der Waals surface area contributed by atoms with E-state index in [9.17, 15) is 4.79 Å². The Morgan fingerprint density at radius 1 is 1.28 bits per heavy atom. The van der Waals surface area contributed by atoms with Crippen LogP contribution in [0.25, 0.3) is 10.6 Å². The SMILES string of the molecule is Cc1sc(-c2ccc3c(c2)OCO3)nc1Cc1ccc(C#CCSCC(=O)O)o1. The first-order valence-electron chi connectivity index (χ1n) is 8.82. The summed E-state index contributed by atoms with van der Waals surface area (Å²) in [6, 6.07) is 9.56. The van der Waals surface area contributed by atoms with Crippen molar-refractivity contribution in [2.24, 2.45) is 0 Å². The van der Waals surface area contributed by atoms with Crippen LogP contribution >= 0.6 is 23.1 Å². The highest BCUT2D eigenvalue weighted by atomic mass is 32.2. The van der Waals surface area contributed by atoms with Crippen LogP contribution in [0.4, 0.5) is 0 Å². The van der Waals surface area contributed by atoms with Crippen LogP contribution in [0.15, 0.2) is 34.7 Å². The molecule has 0 fully saturated rings. The van der Waals surface area contributed by atoms with Gasteiger partial charge in [-0.15, -0.1) is 23.1 Å². The molecule has 148 valence electrons. The van der Waals surface area contributed by atoms with E-state index in [0.29, 0.717) is 17.9 Å². The Morgan fingerprint density at radius 3 is 3.00 bits per heavy atom. The summed E-state index contributed by atoms with van der Waals surface area (Å²) in [7, 11) is 0. The number of benzene rings is 1. The summed E-state index contributed by atoms with van der Waals surface area (Å²) >= 11 is 2.89. The van der Waals surface area contributed by atoms with Gasteiger partial charge in [-0.05, 0) is 43.2 Å². The van der Waals surface area contributed by atoms with Gasteiger partial charge in [-0.1, -0.05) is 5.92 Å². The van der Waals surface area contributed by atoms with Gasteiger partial charge in [-0.3, -0.25) is 4.79 Å². The summed E-state index contributed by atoms with van der Waals surface area (Å²) in [6.07, 6.45) is 0.586. The lowest BCUT2D eigenvalue weighted by atomic mass is 10.2. The lowest BCUT2D eigenvalue weighted by Crippen LogP contribution is -1.97. The number of hydrogen-bond donors (Lipinski definition) is 1. The van der Waals surface area contributed by atoms with Crippen LogP contribution in [0.5, 0.6) is 11.5 Å². The number of hydrogen-bond acceptors (Lipinski definition) is 7. The van der Waals surface area contributed by atoms with Gasteiger partial charge in [0.2, 0.25) is 6.79 Å². The van der Waals surface area contributed by atoms with Crippen LogP contribution in [0.1, 0.15) is 22.1 Å². The van der Waals surface area contributed by atoms with Gasteiger partial charge in [0, 0.05) is 16.9 Å². The summed E-state index contributed by atoms with van der Waals surface area (Å²) in [5.41, 5.74) is 1.96. The van der Waals surface area contributed by atoms with Crippen LogP contribution in [0.3, 0.4) is 0 Å². The molecule has 0 radical (unpaired) electrons. The predicted molar refractivity (Wildman–Crippen MR) is 112 cm³/mol. The van der Waals surface area contributed by atoms with E-state index in [1.54, 1.807) is 11.3 Å². The molecule has 0 bridgehead atoms. The number of fused-ring (bicyclic) bond motifs is 1. The molecule has 3 aromatic rings. The number of aryl methyl sites for hydroxylation is 1. The molecule has 1 aromatic carbocycles. The van der Waals surface area contributed by atoms with Gasteiger partial charge >= 0.3 is 5.97 Å². The monoisotopic (exact) mass is 427 g/mol. The first-order valence-corrected chi connectivity index (χ1v) is 10.8. The van der Waals surface area contributed by atoms with E-state index in [1.165, 1.54) is 11.8 Å². The first kappa shape index (κ1) is 19.4. The molecular weight excluding hydrogens is 410 g/mol. The lowest BCUT2D eigenvalue weighted by Gasteiger charge is -1.99. The molecule has 29 heavy (non-hydrogen) atoms. The van der Waals surface area contributed by atoms with Crippen LogP contribution in [0.2, 0.25) is 0 Å². The summed E-state index contributed by atoms with van der Waals surface area (Å²) in [5.74, 6) is 8.35. The maximum absolute atomic E-state index is 10.5. The van der Waals surface area contributed by atoms with Crippen molar-refractivity contribution < 1.29 is 23.8 Å². The van der Waals surface area contributed by atoms with Crippen molar-refractivity contribution >= 4 is 29.1 Å². The number of nitrogens with zero attached hydrogens (tertiary/aromatic N) is 1. The Labute approximate surface area is 175 Å². The number of thioether (sulfide) groups is 1. The minimum atomic E-state index is -0.837. The third-order valence-corrected chi connectivity index (χ3v) is 5.99. The van der Waals surface area contributed by atoms with E-state index < -0.39 is 5.97 Å². The summed E-state index contributed by atoms with van der Waals surface area (Å²) in [6.45, 7) is 2.30. The van der Waals surface area contributed by atoms with E-state index in [4.69, 9.17) is 24.0 Å². The zero-order valence-corrected chi connectivity index (χ0v) is 17.2. The highest BCUT2D eigenvalue weighted by Gasteiger charge is 2.17. The van der Waals surface area contributed by atoms with Gasteiger partial charge in [-0.2, -0.15) is 0 Å². The second-order valence-corrected chi connectivity index (χ2v) is 8.41. The summed E-state index contributed by atoms with van der Waals surface area (Å²) in [5, 5.41) is 9.54. The number of thiazole rings is 1. The van der Waals surface area contributed by atoms with Crippen LogP contribution in [-0.4, -0.2) is 34.4 Å². The van der Waals surface area contributed by atoms with Crippen molar-refractivity contribution in [2.75, 3.05) is 18.3 Å². The predicted octanol–water partition coefficient (Wildman–Crippen LogP) is 4.20. The van der Waals surface area contributed by atoms with E-state index in [0.717, 1.165) is 38.4 Å². The molecule has 0 atom stereocenters. The quantitative estimate of drug-likeness (QED) is 0.466. The Balaban J connectivity index is 1.42. The zero-order valence-electron chi connectivity index (χ0n) is 15.6. The molecule has 0 spiro atoms. The normalized spacial score (nSPS) is 11.9. The van der Waals surface area contributed by atoms with Crippen LogP contribution < -0.4 is 9.47 Å². The van der Waals surface area contributed by atoms with Gasteiger partial charge in [0.15, 0.2) is 17.3 Å². The van der Waals surface area contributed by atoms with Gasteiger partial charge in [0.25, 0.3) is 0 Å². The molecular formula is C21H17NO5S2. The van der Waals surface area contributed by atoms with Crippen molar-refractivity contribution in [1.29, 1.82) is 0 Å². The molecule has 4 rings (SSSR count). The number of carboxylic acids is 1. The molecule has 1 aliphatic heterocycles. The number of carboxylic acid groups (broad SMARTS) is 1. The Bertz CT molecular complexity index is 1110. The molecule has 0 saturated heterocycles. The lowest BCUT2D eigenvalue weighted by molar-refractivity contribution is -0.133. The smallest absolute Gasteiger partial charge is 0.313 e. The fourth-order valence-electron chi connectivity index (χ4n) is 2.76. The van der Waals surface area contributed by atoms with Gasteiger partial charge in [0.05, 0.1) is 17.2 Å². The maximum Gasteiger partial charge on any atom is 0.313 e. The Kier molecular flexibility index (Phi) is 5.79. The van der Waals surface area contributed by atoms with E-state index in [1.807, 2.05) is 37.3 Å². The molecule has 0 amide bonds. The summed E-state index contributed by atoms with van der Waals surface area (Å²) < 4.78 is 16.6. The minimum absolute atomic E-state index is 0.0485.